The number of anilines is 2. The molecule has 0 bridgehead atoms. The Bertz CT molecular complexity index is 1370. The van der Waals surface area contributed by atoms with Crippen LogP contribution in [0.1, 0.15) is 47.2 Å². The molecule has 43 heavy (non-hydrogen) atoms. The highest BCUT2D eigenvalue weighted by atomic mass is 32.2. The number of hydrogen-bond acceptors (Lipinski definition) is 7. The van der Waals surface area contributed by atoms with Gasteiger partial charge in [0.25, 0.3) is 5.91 Å². The van der Waals surface area contributed by atoms with Crippen LogP contribution in [0.5, 0.6) is 0 Å². The fourth-order valence-corrected chi connectivity index (χ4v) is 6.39. The zero-order valence-electron chi connectivity index (χ0n) is 25.1. The Morgan fingerprint density at radius 2 is 1.81 bits per heavy atom. The molecular formula is C34H43N5O3S. The van der Waals surface area contributed by atoms with Crippen LogP contribution >= 0.6 is 11.8 Å². The van der Waals surface area contributed by atoms with Crippen LogP contribution in [0.25, 0.3) is 11.3 Å². The molecule has 3 heterocycles. The number of nitrogens with one attached hydrogen (secondary N) is 2. The zero-order valence-corrected chi connectivity index (χ0v) is 26.0. The molecule has 2 N–H and O–H groups in total. The molecule has 2 amide bonds. The normalized spacial score (nSPS) is 15.7. The van der Waals surface area contributed by atoms with Crippen LogP contribution in [0.4, 0.5) is 11.4 Å². The highest BCUT2D eigenvalue weighted by molar-refractivity contribution is 7.98. The van der Waals surface area contributed by atoms with Crippen molar-refractivity contribution in [2.24, 2.45) is 0 Å². The predicted octanol–water partition coefficient (Wildman–Crippen LogP) is 5.37. The van der Waals surface area contributed by atoms with Crippen molar-refractivity contribution in [1.29, 1.82) is 0 Å². The highest BCUT2D eigenvalue weighted by Gasteiger charge is 2.17. The summed E-state index contributed by atoms with van der Waals surface area (Å²) in [7, 11) is 0. The molecule has 8 nitrogen and oxygen atoms in total. The van der Waals surface area contributed by atoms with Crippen LogP contribution in [0, 0.1) is 6.92 Å². The van der Waals surface area contributed by atoms with Gasteiger partial charge in [-0.1, -0.05) is 12.1 Å². The fourth-order valence-electron chi connectivity index (χ4n) is 5.50. The largest absolute Gasteiger partial charge is 0.379 e. The summed E-state index contributed by atoms with van der Waals surface area (Å²) in [5.41, 5.74) is 6.50. The molecule has 5 rings (SSSR count). The molecule has 0 unspecified atom stereocenters. The standard InChI is InChI=1S/C34H43N5O3S/c1-26-10-12-35-32(22-26)30-24-29(39-14-3-2-4-15-39)8-9-31(30)37-34(41)28-7-5-6-27(23-28)25-43-21-11-33(40)36-13-16-38-17-19-42-20-18-38/h5-10,12,22-24H,2-4,11,13-21,25H2,1H3,(H,36,40)(H,37,41). The average molecular weight is 602 g/mol. The number of aryl methyl sites for hydroxylation is 1. The van der Waals surface area contributed by atoms with Gasteiger partial charge in [-0.05, 0) is 79.8 Å². The molecule has 2 aliphatic heterocycles. The number of pyridine rings is 1. The summed E-state index contributed by atoms with van der Waals surface area (Å²) < 4.78 is 5.37. The van der Waals surface area contributed by atoms with E-state index in [0.717, 1.165) is 85.5 Å². The second-order valence-corrected chi connectivity index (χ2v) is 12.4. The van der Waals surface area contributed by atoms with E-state index in [0.29, 0.717) is 18.5 Å². The molecule has 9 heteroatoms. The van der Waals surface area contributed by atoms with E-state index in [2.05, 4.69) is 50.5 Å². The van der Waals surface area contributed by atoms with Gasteiger partial charge in [-0.2, -0.15) is 11.8 Å². The van der Waals surface area contributed by atoms with Crippen molar-refractivity contribution in [3.8, 4) is 11.3 Å². The molecule has 0 radical (unpaired) electrons. The Kier molecular flexibility index (Phi) is 11.5. The van der Waals surface area contributed by atoms with Gasteiger partial charge in [-0.25, -0.2) is 0 Å². The number of carbonyl (C=O) groups excluding carboxylic acids is 2. The first-order valence-corrected chi connectivity index (χ1v) is 16.6. The summed E-state index contributed by atoms with van der Waals surface area (Å²) in [5, 5.41) is 6.18. The molecule has 0 saturated carbocycles. The lowest BCUT2D eigenvalue weighted by Gasteiger charge is -2.29. The molecule has 0 aliphatic carbocycles. The summed E-state index contributed by atoms with van der Waals surface area (Å²) in [4.78, 5) is 35.0. The van der Waals surface area contributed by atoms with E-state index in [9.17, 15) is 9.59 Å². The maximum absolute atomic E-state index is 13.4. The van der Waals surface area contributed by atoms with Crippen molar-refractivity contribution in [1.82, 2.24) is 15.2 Å². The highest BCUT2D eigenvalue weighted by Crippen LogP contribution is 2.33. The average Bonchev–Trinajstić information content (AvgIpc) is 3.04. The molecule has 2 fully saturated rings. The molecule has 2 aromatic carbocycles. The van der Waals surface area contributed by atoms with Gasteiger partial charge < -0.3 is 20.3 Å². The number of morpholine rings is 1. The summed E-state index contributed by atoms with van der Waals surface area (Å²) in [6.07, 6.45) is 5.98. The van der Waals surface area contributed by atoms with Gasteiger partial charge in [0.2, 0.25) is 5.91 Å². The van der Waals surface area contributed by atoms with E-state index in [-0.39, 0.29) is 11.8 Å². The summed E-state index contributed by atoms with van der Waals surface area (Å²) >= 11 is 1.70. The number of nitrogens with zero attached hydrogens (tertiary/aromatic N) is 3. The quantitative estimate of drug-likeness (QED) is 0.270. The Hall–Kier alpha value is -3.40. The van der Waals surface area contributed by atoms with Crippen molar-refractivity contribution < 1.29 is 14.3 Å². The summed E-state index contributed by atoms with van der Waals surface area (Å²) in [6, 6.07) is 18.1. The monoisotopic (exact) mass is 601 g/mol. The first kappa shape index (κ1) is 31.0. The number of benzene rings is 2. The lowest BCUT2D eigenvalue weighted by Crippen LogP contribution is -2.41. The predicted molar refractivity (Wildman–Crippen MR) is 176 cm³/mol. The van der Waals surface area contributed by atoms with Crippen LogP contribution in [-0.4, -0.2) is 79.9 Å². The van der Waals surface area contributed by atoms with E-state index in [1.807, 2.05) is 42.6 Å². The van der Waals surface area contributed by atoms with Gasteiger partial charge in [0.1, 0.15) is 0 Å². The van der Waals surface area contributed by atoms with Gasteiger partial charge in [0.15, 0.2) is 0 Å². The van der Waals surface area contributed by atoms with Gasteiger partial charge >= 0.3 is 0 Å². The smallest absolute Gasteiger partial charge is 0.255 e. The topological polar surface area (TPSA) is 86.8 Å². The minimum Gasteiger partial charge on any atom is -0.379 e. The first-order chi connectivity index (χ1) is 21.0. The summed E-state index contributed by atoms with van der Waals surface area (Å²) in [6.45, 7) is 9.09. The van der Waals surface area contributed by atoms with Crippen molar-refractivity contribution >= 4 is 35.0 Å². The minimum atomic E-state index is -0.147. The van der Waals surface area contributed by atoms with E-state index >= 15 is 0 Å². The van der Waals surface area contributed by atoms with Crippen molar-refractivity contribution in [2.45, 2.75) is 38.4 Å². The molecule has 3 aromatic rings. The maximum atomic E-state index is 13.4. The Morgan fingerprint density at radius 1 is 0.977 bits per heavy atom. The van der Waals surface area contributed by atoms with Crippen molar-refractivity contribution in [3.63, 3.8) is 0 Å². The molecule has 228 valence electrons. The van der Waals surface area contributed by atoms with Crippen LogP contribution in [-0.2, 0) is 15.3 Å². The number of thioether (sulfide) groups is 1. The zero-order chi connectivity index (χ0) is 29.9. The van der Waals surface area contributed by atoms with Crippen LogP contribution in [0.15, 0.2) is 60.8 Å². The Balaban J connectivity index is 1.16. The van der Waals surface area contributed by atoms with E-state index in [1.165, 1.54) is 24.9 Å². The SMILES string of the molecule is Cc1ccnc(-c2cc(N3CCCCC3)ccc2NC(=O)c2cccc(CSCCC(=O)NCCN3CCOCC3)c2)c1. The molecular weight excluding hydrogens is 558 g/mol. The number of rotatable bonds is 12. The number of aromatic nitrogens is 1. The maximum Gasteiger partial charge on any atom is 0.255 e. The third kappa shape index (κ3) is 9.29. The number of ether oxygens (including phenoxy) is 1. The summed E-state index contributed by atoms with van der Waals surface area (Å²) in [5.74, 6) is 1.41. The van der Waals surface area contributed by atoms with Gasteiger partial charge in [0.05, 0.1) is 24.6 Å². The van der Waals surface area contributed by atoms with Gasteiger partial charge in [-0.3, -0.25) is 19.5 Å². The lowest BCUT2D eigenvalue weighted by atomic mass is 10.0. The van der Waals surface area contributed by atoms with Crippen LogP contribution < -0.4 is 15.5 Å². The lowest BCUT2D eigenvalue weighted by molar-refractivity contribution is -0.120. The second-order valence-electron chi connectivity index (χ2n) is 11.3. The molecule has 2 aliphatic rings. The molecule has 0 spiro atoms. The van der Waals surface area contributed by atoms with Gasteiger partial charge in [-0.15, -0.1) is 0 Å². The Morgan fingerprint density at radius 3 is 2.63 bits per heavy atom. The second kappa shape index (κ2) is 15.9. The molecule has 0 atom stereocenters. The number of amides is 2. The van der Waals surface area contributed by atoms with Crippen LogP contribution in [0.2, 0.25) is 0 Å². The van der Waals surface area contributed by atoms with E-state index < -0.39 is 0 Å². The third-order valence-electron chi connectivity index (χ3n) is 7.95. The Labute approximate surface area is 259 Å². The minimum absolute atomic E-state index is 0.0825. The van der Waals surface area contributed by atoms with Crippen molar-refractivity contribution in [2.75, 3.05) is 68.5 Å². The number of piperidine rings is 1. The van der Waals surface area contributed by atoms with E-state index in [1.54, 1.807) is 11.8 Å². The third-order valence-corrected chi connectivity index (χ3v) is 8.98. The van der Waals surface area contributed by atoms with Crippen molar-refractivity contribution in [3.05, 3.63) is 77.5 Å². The molecule has 2 saturated heterocycles. The van der Waals surface area contributed by atoms with E-state index in [4.69, 9.17) is 4.74 Å². The van der Waals surface area contributed by atoms with Gasteiger partial charge in [0, 0.05) is 80.2 Å². The molecule has 1 aromatic heterocycles. The van der Waals surface area contributed by atoms with Crippen LogP contribution in [0.3, 0.4) is 0 Å². The fraction of sp³-hybridized carbons (Fsp3) is 0.441. The number of carbonyl (C=O) groups is 2. The first-order valence-electron chi connectivity index (χ1n) is 15.4. The number of hydrogen-bond donors (Lipinski definition) is 2.